The van der Waals surface area contributed by atoms with E-state index in [0.29, 0.717) is 12.3 Å². The van der Waals surface area contributed by atoms with Crippen molar-refractivity contribution in [3.63, 3.8) is 0 Å². The largest absolute Gasteiger partial charge is 0.488 e. The number of aromatic nitrogens is 1. The van der Waals surface area contributed by atoms with Gasteiger partial charge in [0.05, 0.1) is 21.2 Å². The Morgan fingerprint density at radius 1 is 1.23 bits per heavy atom. The number of fused-ring (bicyclic) bond motifs is 1. The molecule has 0 aliphatic rings. The Labute approximate surface area is 160 Å². The van der Waals surface area contributed by atoms with E-state index in [2.05, 4.69) is 15.5 Å². The van der Waals surface area contributed by atoms with Crippen LogP contribution < -0.4 is 10.2 Å². The van der Waals surface area contributed by atoms with Crippen LogP contribution in [0.4, 0.5) is 0 Å². The monoisotopic (exact) mass is 385 g/mol. The maximum Gasteiger partial charge on any atom is 0.253 e. The second kappa shape index (κ2) is 8.82. The van der Waals surface area contributed by atoms with Crippen LogP contribution in [0.25, 0.3) is 10.2 Å². The Morgan fingerprint density at radius 3 is 2.73 bits per heavy atom. The highest BCUT2D eigenvalue weighted by atomic mass is 32.2. The van der Waals surface area contributed by atoms with E-state index in [1.807, 2.05) is 68.4 Å². The number of carbonyl (C=O) groups is 1. The number of ether oxygens (including phenoxy) is 1. The van der Waals surface area contributed by atoms with Crippen LogP contribution in [-0.2, 0) is 4.79 Å². The lowest BCUT2D eigenvalue weighted by atomic mass is 10.3. The van der Waals surface area contributed by atoms with Crippen LogP contribution in [-0.4, -0.2) is 28.5 Å². The molecule has 1 aromatic heterocycles. The van der Waals surface area contributed by atoms with Gasteiger partial charge in [-0.05, 0) is 38.1 Å². The van der Waals surface area contributed by atoms with Gasteiger partial charge in [0.2, 0.25) is 0 Å². The Kier molecular flexibility index (Phi) is 6.25. The summed E-state index contributed by atoms with van der Waals surface area (Å²) in [6.45, 7) is 3.98. The van der Waals surface area contributed by atoms with Crippen LogP contribution in [0, 0.1) is 0 Å². The van der Waals surface area contributed by atoms with Gasteiger partial charge in [-0.15, -0.1) is 11.3 Å². The summed E-state index contributed by atoms with van der Waals surface area (Å²) in [5, 5.41) is 3.82. The Morgan fingerprint density at radius 2 is 1.96 bits per heavy atom. The molecule has 2 aromatic carbocycles. The third-order valence-corrected chi connectivity index (χ3v) is 5.70. The number of rotatable bonds is 7. The van der Waals surface area contributed by atoms with Crippen molar-refractivity contribution < 1.29 is 9.53 Å². The molecule has 0 saturated heterocycles. The second-order valence-electron chi connectivity index (χ2n) is 5.63. The fourth-order valence-electron chi connectivity index (χ4n) is 2.08. The van der Waals surface area contributed by atoms with Crippen molar-refractivity contribution >= 4 is 44.9 Å². The van der Waals surface area contributed by atoms with E-state index in [1.165, 1.54) is 11.8 Å². The summed E-state index contributed by atoms with van der Waals surface area (Å²) < 4.78 is 7.59. The average Bonchev–Trinajstić information content (AvgIpc) is 3.07. The summed E-state index contributed by atoms with van der Waals surface area (Å²) in [7, 11) is 0. The van der Waals surface area contributed by atoms with Gasteiger partial charge in [-0.2, -0.15) is 5.10 Å². The number of hydrazone groups is 1. The Hall–Kier alpha value is -2.38. The number of nitrogens with one attached hydrogen (secondary N) is 1. The standard InChI is InChI=1S/C19H19N3O2S2/c1-13(12-24-15-8-4-3-5-9-15)21-22-18(23)14(2)25-19-20-16-10-6-7-11-17(16)26-19/h3-11,14H,12H2,1-2H3,(H,22,23). The summed E-state index contributed by atoms with van der Waals surface area (Å²) in [6, 6.07) is 17.4. The van der Waals surface area contributed by atoms with Crippen molar-refractivity contribution in [2.45, 2.75) is 23.4 Å². The first-order valence-electron chi connectivity index (χ1n) is 8.15. The molecule has 0 aliphatic carbocycles. The number of nitrogens with zero attached hydrogens (tertiary/aromatic N) is 2. The van der Waals surface area contributed by atoms with Gasteiger partial charge in [-0.25, -0.2) is 10.4 Å². The molecular weight excluding hydrogens is 366 g/mol. The van der Waals surface area contributed by atoms with Crippen LogP contribution in [0.1, 0.15) is 13.8 Å². The molecule has 3 aromatic rings. The van der Waals surface area contributed by atoms with Crippen molar-refractivity contribution in [2.75, 3.05) is 6.61 Å². The van der Waals surface area contributed by atoms with Crippen LogP contribution >= 0.6 is 23.1 Å². The highest BCUT2D eigenvalue weighted by molar-refractivity contribution is 8.02. The molecular formula is C19H19N3O2S2. The second-order valence-corrected chi connectivity index (χ2v) is 8.25. The normalized spacial score (nSPS) is 12.8. The third kappa shape index (κ3) is 5.06. The summed E-state index contributed by atoms with van der Waals surface area (Å²) >= 11 is 3.02. The van der Waals surface area contributed by atoms with Crippen LogP contribution in [0.5, 0.6) is 5.75 Å². The molecule has 1 amide bonds. The van der Waals surface area contributed by atoms with E-state index in [-0.39, 0.29) is 11.2 Å². The molecule has 7 heteroatoms. The topological polar surface area (TPSA) is 63.6 Å². The van der Waals surface area contributed by atoms with Crippen molar-refractivity contribution in [1.82, 2.24) is 10.4 Å². The lowest BCUT2D eigenvalue weighted by Crippen LogP contribution is -2.28. The van der Waals surface area contributed by atoms with E-state index in [9.17, 15) is 4.79 Å². The van der Waals surface area contributed by atoms with Gasteiger partial charge in [0.15, 0.2) is 4.34 Å². The predicted octanol–water partition coefficient (Wildman–Crippen LogP) is 4.35. The van der Waals surface area contributed by atoms with Crippen LogP contribution in [0.15, 0.2) is 64.0 Å². The van der Waals surface area contributed by atoms with Gasteiger partial charge in [-0.1, -0.05) is 42.1 Å². The molecule has 1 unspecified atom stereocenters. The number of benzene rings is 2. The molecule has 26 heavy (non-hydrogen) atoms. The third-order valence-electron chi connectivity index (χ3n) is 3.47. The van der Waals surface area contributed by atoms with Crippen LogP contribution in [0.3, 0.4) is 0 Å². The lowest BCUT2D eigenvalue weighted by molar-refractivity contribution is -0.120. The summed E-state index contributed by atoms with van der Waals surface area (Å²) in [5.41, 5.74) is 4.25. The minimum absolute atomic E-state index is 0.159. The molecule has 0 bridgehead atoms. The van der Waals surface area contributed by atoms with Crippen molar-refractivity contribution in [1.29, 1.82) is 0 Å². The lowest BCUT2D eigenvalue weighted by Gasteiger charge is -2.09. The number of para-hydroxylation sites is 2. The molecule has 0 radical (unpaired) electrons. The number of hydrogen-bond acceptors (Lipinski definition) is 6. The average molecular weight is 386 g/mol. The first kappa shape index (κ1) is 18.4. The zero-order valence-electron chi connectivity index (χ0n) is 14.5. The van der Waals surface area contributed by atoms with E-state index < -0.39 is 0 Å². The fourth-order valence-corrected chi connectivity index (χ4v) is 4.29. The molecule has 134 valence electrons. The van der Waals surface area contributed by atoms with Crippen molar-refractivity contribution in [3.8, 4) is 5.75 Å². The van der Waals surface area contributed by atoms with Crippen molar-refractivity contribution in [3.05, 3.63) is 54.6 Å². The van der Waals surface area contributed by atoms with E-state index in [1.54, 1.807) is 11.3 Å². The van der Waals surface area contributed by atoms with Gasteiger partial charge < -0.3 is 4.74 Å². The quantitative estimate of drug-likeness (QED) is 0.373. The van der Waals surface area contributed by atoms with E-state index >= 15 is 0 Å². The van der Waals surface area contributed by atoms with E-state index in [0.717, 1.165) is 20.3 Å². The number of hydrogen-bond donors (Lipinski definition) is 1. The summed E-state index contributed by atoms with van der Waals surface area (Å²) in [5.74, 6) is 0.612. The summed E-state index contributed by atoms with van der Waals surface area (Å²) in [4.78, 5) is 16.8. The highest BCUT2D eigenvalue weighted by Gasteiger charge is 2.16. The van der Waals surface area contributed by atoms with Gasteiger partial charge in [0.25, 0.3) is 5.91 Å². The zero-order chi connectivity index (χ0) is 18.4. The summed E-state index contributed by atoms with van der Waals surface area (Å²) in [6.07, 6.45) is 0. The molecule has 1 heterocycles. The molecule has 0 spiro atoms. The maximum atomic E-state index is 12.2. The first-order chi connectivity index (χ1) is 12.6. The maximum absolute atomic E-state index is 12.2. The van der Waals surface area contributed by atoms with Gasteiger partial charge in [0.1, 0.15) is 12.4 Å². The van der Waals surface area contributed by atoms with Crippen LogP contribution in [0.2, 0.25) is 0 Å². The fraction of sp³-hybridized carbons (Fsp3) is 0.211. The molecule has 1 N–H and O–H groups in total. The Bertz CT molecular complexity index is 876. The molecule has 1 atom stereocenters. The van der Waals surface area contributed by atoms with Gasteiger partial charge in [-0.3, -0.25) is 4.79 Å². The van der Waals surface area contributed by atoms with Gasteiger partial charge >= 0.3 is 0 Å². The molecule has 5 nitrogen and oxygen atoms in total. The SMILES string of the molecule is CC(COc1ccccc1)=NNC(=O)C(C)Sc1nc2ccccc2s1. The number of carbonyl (C=O) groups excluding carboxylic acids is 1. The molecule has 0 aliphatic heterocycles. The minimum atomic E-state index is -0.290. The smallest absolute Gasteiger partial charge is 0.253 e. The molecule has 0 fully saturated rings. The molecule has 3 rings (SSSR count). The number of thiazole rings is 1. The number of thioether (sulfide) groups is 1. The highest BCUT2D eigenvalue weighted by Crippen LogP contribution is 2.31. The number of amides is 1. The van der Waals surface area contributed by atoms with Crippen molar-refractivity contribution in [2.24, 2.45) is 5.10 Å². The van der Waals surface area contributed by atoms with Gasteiger partial charge in [0, 0.05) is 0 Å². The predicted molar refractivity (Wildman–Crippen MR) is 108 cm³/mol. The molecule has 0 saturated carbocycles. The zero-order valence-corrected chi connectivity index (χ0v) is 16.1. The first-order valence-corrected chi connectivity index (χ1v) is 9.84. The minimum Gasteiger partial charge on any atom is -0.488 e. The van der Waals surface area contributed by atoms with E-state index in [4.69, 9.17) is 4.74 Å². The Balaban J connectivity index is 1.50.